The molecule has 0 amide bonds. The summed E-state index contributed by atoms with van der Waals surface area (Å²) >= 11 is 0. The van der Waals surface area contributed by atoms with Gasteiger partial charge in [0.2, 0.25) is 0 Å². The van der Waals surface area contributed by atoms with Crippen LogP contribution in [0.2, 0.25) is 0 Å². The van der Waals surface area contributed by atoms with E-state index in [4.69, 9.17) is 4.74 Å². The summed E-state index contributed by atoms with van der Waals surface area (Å²) in [6.45, 7) is 3.62. The van der Waals surface area contributed by atoms with Crippen molar-refractivity contribution in [3.8, 4) is 0 Å². The summed E-state index contributed by atoms with van der Waals surface area (Å²) in [6.07, 6.45) is 6.52. The second-order valence-electron chi connectivity index (χ2n) is 2.47. The van der Waals surface area contributed by atoms with Crippen molar-refractivity contribution in [1.82, 2.24) is 4.98 Å². The highest BCUT2D eigenvalue weighted by molar-refractivity contribution is 5.69. The maximum Gasteiger partial charge on any atom is 0.174 e. The summed E-state index contributed by atoms with van der Waals surface area (Å²) in [5.74, 6) is 0. The van der Waals surface area contributed by atoms with Gasteiger partial charge in [0.05, 0.1) is 18.5 Å². The molecule has 14 heavy (non-hydrogen) atoms. The second-order valence-corrected chi connectivity index (χ2v) is 2.47. The highest BCUT2D eigenvalue weighted by Crippen LogP contribution is 2.11. The number of pyridine rings is 1. The molecular weight excluding hydrogens is 176 g/mol. The van der Waals surface area contributed by atoms with Crippen LogP contribution < -0.4 is 0 Å². The van der Waals surface area contributed by atoms with Crippen LogP contribution in [-0.4, -0.2) is 18.5 Å². The summed E-state index contributed by atoms with van der Waals surface area (Å²) < 4.78 is 4.75. The fourth-order valence-corrected chi connectivity index (χ4v) is 0.930. The largest absolute Gasteiger partial charge is 0.486 e. The van der Waals surface area contributed by atoms with E-state index in [9.17, 15) is 0 Å². The summed E-state index contributed by atoms with van der Waals surface area (Å²) in [5.41, 5.74) is 1.52. The van der Waals surface area contributed by atoms with Crippen molar-refractivity contribution in [2.45, 2.75) is 0 Å². The first kappa shape index (κ1) is 10.2. The van der Waals surface area contributed by atoms with Crippen molar-refractivity contribution in [3.63, 3.8) is 0 Å². The van der Waals surface area contributed by atoms with Crippen molar-refractivity contribution < 1.29 is 4.74 Å². The van der Waals surface area contributed by atoms with Gasteiger partial charge >= 0.3 is 0 Å². The number of hydrogen-bond donors (Lipinski definition) is 0. The molecule has 0 N–H and O–H groups in total. The first-order valence-corrected chi connectivity index (χ1v) is 4.18. The smallest absolute Gasteiger partial charge is 0.174 e. The Morgan fingerprint density at radius 3 is 3.00 bits per heavy atom. The number of aliphatic imine (C=N–C) groups is 1. The molecule has 0 spiro atoms. The highest BCUT2D eigenvalue weighted by Gasteiger charge is 1.97. The lowest BCUT2D eigenvalue weighted by Gasteiger charge is -1.98. The second kappa shape index (κ2) is 5.70. The summed E-state index contributed by atoms with van der Waals surface area (Å²) in [5, 5.41) is 0. The van der Waals surface area contributed by atoms with Gasteiger partial charge in [-0.25, -0.2) is 4.99 Å². The Labute approximate surface area is 83.5 Å². The van der Waals surface area contributed by atoms with Gasteiger partial charge in [0.1, 0.15) is 0 Å². The molecular formula is C11H12N2O. The third kappa shape index (κ3) is 2.86. The Morgan fingerprint density at radius 2 is 2.43 bits per heavy atom. The van der Waals surface area contributed by atoms with Crippen molar-refractivity contribution in [2.24, 2.45) is 4.99 Å². The Bertz CT molecular complexity index is 342. The van der Waals surface area contributed by atoms with Crippen LogP contribution in [0.1, 0.15) is 5.69 Å². The van der Waals surface area contributed by atoms with Gasteiger partial charge in [0.25, 0.3) is 0 Å². The van der Waals surface area contributed by atoms with Crippen LogP contribution in [0, 0.1) is 0 Å². The van der Waals surface area contributed by atoms with E-state index in [0.717, 1.165) is 11.4 Å². The number of ether oxygens (including phenoxy) is 1. The molecule has 1 heterocycles. The van der Waals surface area contributed by atoms with Crippen molar-refractivity contribution >= 4 is 12.1 Å². The number of nitrogens with zero attached hydrogens (tertiary/aromatic N) is 2. The molecule has 1 rings (SSSR count). The monoisotopic (exact) mass is 188 g/mol. The van der Waals surface area contributed by atoms with Crippen LogP contribution in [0.4, 0.5) is 0 Å². The van der Waals surface area contributed by atoms with E-state index in [1.54, 1.807) is 25.5 Å². The fraction of sp³-hybridized carbons (Fsp3) is 0.0909. The molecule has 72 valence electrons. The van der Waals surface area contributed by atoms with Crippen LogP contribution in [0.3, 0.4) is 0 Å². The molecule has 1 aromatic heterocycles. The van der Waals surface area contributed by atoms with Gasteiger partial charge in [-0.3, -0.25) is 4.98 Å². The fourth-order valence-electron chi connectivity index (χ4n) is 0.930. The minimum Gasteiger partial charge on any atom is -0.486 e. The van der Waals surface area contributed by atoms with Gasteiger partial charge in [-0.05, 0) is 18.2 Å². The van der Waals surface area contributed by atoms with Crippen LogP contribution in [-0.2, 0) is 4.74 Å². The van der Waals surface area contributed by atoms with E-state index in [2.05, 4.69) is 16.6 Å². The maximum atomic E-state index is 4.75. The zero-order valence-electron chi connectivity index (χ0n) is 8.05. The van der Waals surface area contributed by atoms with E-state index in [1.165, 1.54) is 6.40 Å². The van der Waals surface area contributed by atoms with Crippen molar-refractivity contribution in [3.05, 3.63) is 48.8 Å². The van der Waals surface area contributed by atoms with E-state index in [1.807, 2.05) is 18.2 Å². The van der Waals surface area contributed by atoms with Crippen molar-refractivity contribution in [2.75, 3.05) is 7.11 Å². The average Bonchev–Trinajstić information content (AvgIpc) is 2.25. The number of rotatable bonds is 4. The molecule has 0 bridgehead atoms. The van der Waals surface area contributed by atoms with Gasteiger partial charge in [0.15, 0.2) is 6.40 Å². The number of allylic oxidation sites excluding steroid dienone is 2. The quantitative estimate of drug-likeness (QED) is 0.412. The van der Waals surface area contributed by atoms with E-state index < -0.39 is 0 Å². The summed E-state index contributed by atoms with van der Waals surface area (Å²) in [6, 6.07) is 5.64. The Morgan fingerprint density at radius 1 is 1.57 bits per heavy atom. The minimum absolute atomic E-state index is 0.724. The Hall–Kier alpha value is -1.90. The van der Waals surface area contributed by atoms with Crippen LogP contribution in [0.15, 0.2) is 48.1 Å². The molecule has 0 saturated carbocycles. The third-order valence-corrected chi connectivity index (χ3v) is 1.50. The van der Waals surface area contributed by atoms with Gasteiger partial charge in [-0.15, -0.1) is 0 Å². The van der Waals surface area contributed by atoms with Crippen molar-refractivity contribution in [1.29, 1.82) is 0 Å². The normalized spacial score (nSPS) is 11.6. The molecule has 0 aromatic carbocycles. The molecule has 0 atom stereocenters. The number of methoxy groups -OCH3 is 1. The van der Waals surface area contributed by atoms with Gasteiger partial charge in [0, 0.05) is 6.20 Å². The molecule has 0 saturated heterocycles. The topological polar surface area (TPSA) is 34.5 Å². The molecule has 0 aliphatic rings. The lowest BCUT2D eigenvalue weighted by atomic mass is 10.2. The zero-order chi connectivity index (χ0) is 10.2. The summed E-state index contributed by atoms with van der Waals surface area (Å²) in [4.78, 5) is 8.25. The molecule has 1 aromatic rings. The third-order valence-electron chi connectivity index (χ3n) is 1.50. The Kier molecular flexibility index (Phi) is 4.14. The lowest BCUT2D eigenvalue weighted by molar-refractivity contribution is 0.423. The lowest BCUT2D eigenvalue weighted by Crippen LogP contribution is -1.86. The maximum absolute atomic E-state index is 4.75. The number of hydrogen-bond acceptors (Lipinski definition) is 3. The first-order chi connectivity index (χ1) is 6.88. The standard InChI is InChI=1S/C11H12N2O/c1-3-6-10(13-9-14-2)11-7-4-5-8-12-11/h3-9H,1H2,2H3/b10-6-,13-9?. The van der Waals surface area contributed by atoms with E-state index in [-0.39, 0.29) is 0 Å². The highest BCUT2D eigenvalue weighted by atomic mass is 16.5. The van der Waals surface area contributed by atoms with Crippen LogP contribution >= 0.6 is 0 Å². The zero-order valence-corrected chi connectivity index (χ0v) is 8.05. The number of aromatic nitrogens is 1. The van der Waals surface area contributed by atoms with E-state index >= 15 is 0 Å². The molecule has 0 fully saturated rings. The predicted molar refractivity (Wildman–Crippen MR) is 57.9 cm³/mol. The molecule has 0 unspecified atom stereocenters. The minimum atomic E-state index is 0.724. The summed E-state index contributed by atoms with van der Waals surface area (Å²) in [7, 11) is 1.55. The first-order valence-electron chi connectivity index (χ1n) is 4.18. The molecule has 3 nitrogen and oxygen atoms in total. The van der Waals surface area contributed by atoms with Crippen LogP contribution in [0.25, 0.3) is 5.70 Å². The molecule has 0 aliphatic carbocycles. The predicted octanol–water partition coefficient (Wildman–Crippen LogP) is 2.28. The average molecular weight is 188 g/mol. The molecule has 0 radical (unpaired) electrons. The van der Waals surface area contributed by atoms with Crippen LogP contribution in [0.5, 0.6) is 0 Å². The SMILES string of the molecule is C=C/C=C(\N=COC)c1ccccn1. The van der Waals surface area contributed by atoms with E-state index in [0.29, 0.717) is 0 Å². The van der Waals surface area contributed by atoms with Gasteiger partial charge in [-0.2, -0.15) is 0 Å². The molecule has 0 aliphatic heterocycles. The Balaban J connectivity index is 2.95. The molecule has 3 heteroatoms. The van der Waals surface area contributed by atoms with Gasteiger partial charge in [-0.1, -0.05) is 18.7 Å². The van der Waals surface area contributed by atoms with Gasteiger partial charge < -0.3 is 4.74 Å².